The molecule has 1 atom stereocenters. The molecule has 1 nitrogen and oxygen atoms in total. The van der Waals surface area contributed by atoms with Gasteiger partial charge in [-0.2, -0.15) is 0 Å². The Labute approximate surface area is 75.1 Å². The maximum atomic E-state index is 5.51. The molecule has 0 bridgehead atoms. The number of hydrogen-bond donors (Lipinski definition) is 0. The van der Waals surface area contributed by atoms with Gasteiger partial charge in [0.2, 0.25) is 0 Å². The number of alkyl halides is 1. The minimum Gasteiger partial charge on any atom is -0.378 e. The molecule has 0 aromatic heterocycles. The summed E-state index contributed by atoms with van der Waals surface area (Å²) >= 11 is 5.51. The smallest absolute Gasteiger partial charge is 0.0547 e. The van der Waals surface area contributed by atoms with E-state index in [9.17, 15) is 0 Å². The lowest BCUT2D eigenvalue weighted by molar-refractivity contribution is 0.0597. The van der Waals surface area contributed by atoms with Gasteiger partial charge in [0.05, 0.1) is 6.10 Å². The quantitative estimate of drug-likeness (QED) is 0.430. The Balaban J connectivity index is 3.02. The van der Waals surface area contributed by atoms with Crippen molar-refractivity contribution >= 4 is 11.6 Å². The minimum absolute atomic E-state index is 0.415. The van der Waals surface area contributed by atoms with Crippen LogP contribution in [0.4, 0.5) is 0 Å². The van der Waals surface area contributed by atoms with E-state index in [1.807, 2.05) is 0 Å². The lowest BCUT2D eigenvalue weighted by Crippen LogP contribution is -2.09. The summed E-state index contributed by atoms with van der Waals surface area (Å²) in [6.45, 7) is 5.14. The Kier molecular flexibility index (Phi) is 8.54. The van der Waals surface area contributed by atoms with Crippen LogP contribution in [-0.4, -0.2) is 18.6 Å². The van der Waals surface area contributed by atoms with Gasteiger partial charge in [0.15, 0.2) is 0 Å². The van der Waals surface area contributed by atoms with Crippen molar-refractivity contribution in [3.8, 4) is 0 Å². The Morgan fingerprint density at radius 3 is 2.64 bits per heavy atom. The van der Waals surface area contributed by atoms with Gasteiger partial charge < -0.3 is 4.74 Å². The molecule has 0 radical (unpaired) electrons. The fourth-order valence-corrected chi connectivity index (χ4v) is 1.02. The number of rotatable bonds is 7. The van der Waals surface area contributed by atoms with Crippen LogP contribution in [0.25, 0.3) is 0 Å². The molecule has 0 spiro atoms. The molecular formula is C9H19ClO. The van der Waals surface area contributed by atoms with Gasteiger partial charge in [0.1, 0.15) is 0 Å². The average molecular weight is 179 g/mol. The highest BCUT2D eigenvalue weighted by molar-refractivity contribution is 6.17. The molecule has 0 heterocycles. The van der Waals surface area contributed by atoms with Gasteiger partial charge in [0.25, 0.3) is 0 Å². The van der Waals surface area contributed by atoms with Crippen molar-refractivity contribution in [3.63, 3.8) is 0 Å². The zero-order valence-electron chi connectivity index (χ0n) is 7.61. The molecule has 0 aliphatic heterocycles. The number of unbranched alkanes of at least 4 members (excludes halogenated alkanes) is 1. The number of halogens is 1. The largest absolute Gasteiger partial charge is 0.378 e. The van der Waals surface area contributed by atoms with E-state index in [2.05, 4.69) is 13.8 Å². The summed E-state index contributed by atoms with van der Waals surface area (Å²) in [5.41, 5.74) is 0. The summed E-state index contributed by atoms with van der Waals surface area (Å²) in [5, 5.41) is 0. The van der Waals surface area contributed by atoms with Crippen molar-refractivity contribution in [3.05, 3.63) is 0 Å². The number of hydrogen-bond acceptors (Lipinski definition) is 1. The van der Waals surface area contributed by atoms with Crippen LogP contribution in [0.1, 0.15) is 39.5 Å². The van der Waals surface area contributed by atoms with Crippen molar-refractivity contribution in [1.82, 2.24) is 0 Å². The molecule has 2 heteroatoms. The van der Waals surface area contributed by atoms with Crippen LogP contribution in [0.3, 0.4) is 0 Å². The molecule has 0 N–H and O–H groups in total. The first-order chi connectivity index (χ1) is 5.31. The van der Waals surface area contributed by atoms with E-state index in [4.69, 9.17) is 16.3 Å². The van der Waals surface area contributed by atoms with E-state index in [0.717, 1.165) is 13.0 Å². The predicted octanol–water partition coefficient (Wildman–Crippen LogP) is 3.21. The summed E-state index contributed by atoms with van der Waals surface area (Å²) in [7, 11) is 0. The van der Waals surface area contributed by atoms with Crippen LogP contribution in [0, 0.1) is 0 Å². The Morgan fingerprint density at radius 2 is 2.09 bits per heavy atom. The van der Waals surface area contributed by atoms with Crippen molar-refractivity contribution in [2.24, 2.45) is 0 Å². The van der Waals surface area contributed by atoms with Crippen LogP contribution in [-0.2, 0) is 4.74 Å². The van der Waals surface area contributed by atoms with Crippen LogP contribution in [0.5, 0.6) is 0 Å². The molecule has 11 heavy (non-hydrogen) atoms. The van der Waals surface area contributed by atoms with Crippen molar-refractivity contribution < 1.29 is 4.74 Å². The van der Waals surface area contributed by atoms with Crippen molar-refractivity contribution in [1.29, 1.82) is 0 Å². The van der Waals surface area contributed by atoms with Gasteiger partial charge in [-0.1, -0.05) is 19.8 Å². The molecule has 0 saturated heterocycles. The van der Waals surface area contributed by atoms with E-state index in [0.29, 0.717) is 12.0 Å². The molecule has 0 amide bonds. The maximum absolute atomic E-state index is 5.51. The van der Waals surface area contributed by atoms with E-state index in [1.54, 1.807) is 0 Å². The molecule has 0 aliphatic rings. The fraction of sp³-hybridized carbons (Fsp3) is 1.00. The SMILES string of the molecule is CCCCC(C)OCCCCl. The highest BCUT2D eigenvalue weighted by Gasteiger charge is 1.99. The number of ether oxygens (including phenoxy) is 1. The predicted molar refractivity (Wildman–Crippen MR) is 50.3 cm³/mol. The van der Waals surface area contributed by atoms with Crippen LogP contribution in [0.15, 0.2) is 0 Å². The second-order valence-electron chi connectivity index (χ2n) is 2.87. The van der Waals surface area contributed by atoms with E-state index in [1.165, 1.54) is 19.3 Å². The molecule has 0 fully saturated rings. The third kappa shape index (κ3) is 8.15. The first-order valence-corrected chi connectivity index (χ1v) is 5.02. The molecule has 68 valence electrons. The molecule has 1 unspecified atom stereocenters. The Morgan fingerprint density at radius 1 is 1.36 bits per heavy atom. The van der Waals surface area contributed by atoms with E-state index >= 15 is 0 Å². The lowest BCUT2D eigenvalue weighted by atomic mass is 10.2. The Bertz CT molecular complexity index is 76.0. The highest BCUT2D eigenvalue weighted by Crippen LogP contribution is 2.04. The summed E-state index contributed by atoms with van der Waals surface area (Å²) in [6, 6.07) is 0. The fourth-order valence-electron chi connectivity index (χ4n) is 0.914. The minimum atomic E-state index is 0.415. The zero-order valence-corrected chi connectivity index (χ0v) is 8.36. The third-order valence-corrected chi connectivity index (χ3v) is 1.91. The highest BCUT2D eigenvalue weighted by atomic mass is 35.5. The van der Waals surface area contributed by atoms with Crippen LogP contribution >= 0.6 is 11.6 Å². The summed E-state index contributed by atoms with van der Waals surface area (Å²) in [4.78, 5) is 0. The normalized spacial score (nSPS) is 13.4. The van der Waals surface area contributed by atoms with E-state index in [-0.39, 0.29) is 0 Å². The summed E-state index contributed by atoms with van der Waals surface area (Å²) < 4.78 is 5.50. The van der Waals surface area contributed by atoms with Gasteiger partial charge in [-0.15, -0.1) is 11.6 Å². The monoisotopic (exact) mass is 178 g/mol. The van der Waals surface area contributed by atoms with Crippen molar-refractivity contribution in [2.75, 3.05) is 12.5 Å². The average Bonchev–Trinajstić information content (AvgIpc) is 2.01. The van der Waals surface area contributed by atoms with Gasteiger partial charge in [-0.25, -0.2) is 0 Å². The van der Waals surface area contributed by atoms with Crippen LogP contribution < -0.4 is 0 Å². The summed E-state index contributed by atoms with van der Waals surface area (Å²) in [5.74, 6) is 0.709. The first-order valence-electron chi connectivity index (χ1n) is 4.48. The van der Waals surface area contributed by atoms with Crippen molar-refractivity contribution in [2.45, 2.75) is 45.6 Å². The van der Waals surface area contributed by atoms with Gasteiger partial charge >= 0.3 is 0 Å². The first kappa shape index (κ1) is 11.2. The molecule has 0 aromatic carbocycles. The van der Waals surface area contributed by atoms with E-state index < -0.39 is 0 Å². The third-order valence-electron chi connectivity index (χ3n) is 1.64. The second-order valence-corrected chi connectivity index (χ2v) is 3.24. The van der Waals surface area contributed by atoms with Gasteiger partial charge in [-0.05, 0) is 19.8 Å². The van der Waals surface area contributed by atoms with Gasteiger partial charge in [0, 0.05) is 12.5 Å². The zero-order chi connectivity index (χ0) is 8.53. The maximum Gasteiger partial charge on any atom is 0.0547 e. The lowest BCUT2D eigenvalue weighted by Gasteiger charge is -2.11. The standard InChI is InChI=1S/C9H19ClO/c1-3-4-6-9(2)11-8-5-7-10/h9H,3-8H2,1-2H3. The molecule has 0 rings (SSSR count). The molecule has 0 aliphatic carbocycles. The second kappa shape index (κ2) is 8.35. The van der Waals surface area contributed by atoms with Gasteiger partial charge in [-0.3, -0.25) is 0 Å². The van der Waals surface area contributed by atoms with Crippen LogP contribution in [0.2, 0.25) is 0 Å². The molecule has 0 aromatic rings. The molecular weight excluding hydrogens is 160 g/mol. The molecule has 0 saturated carbocycles. The Hall–Kier alpha value is 0.250. The summed E-state index contributed by atoms with van der Waals surface area (Å²) in [6.07, 6.45) is 5.08. The topological polar surface area (TPSA) is 9.23 Å².